The van der Waals surface area contributed by atoms with Gasteiger partial charge in [0.2, 0.25) is 5.91 Å². The first kappa shape index (κ1) is 22.9. The highest BCUT2D eigenvalue weighted by Gasteiger charge is 2.25. The number of carbonyl (C=O) groups excluding carboxylic acids is 1. The molecule has 0 saturated carbocycles. The highest BCUT2D eigenvalue weighted by atomic mass is 16.2. The molecule has 1 aliphatic rings. The van der Waals surface area contributed by atoms with E-state index in [4.69, 9.17) is 4.98 Å². The number of nitrogens with one attached hydrogen (secondary N) is 1. The van der Waals surface area contributed by atoms with Gasteiger partial charge in [0, 0.05) is 36.6 Å². The molecular weight excluding hydrogens is 412 g/mol. The molecule has 3 aromatic rings. The second-order valence-electron chi connectivity index (χ2n) is 8.81. The van der Waals surface area contributed by atoms with E-state index < -0.39 is 0 Å². The second kappa shape index (κ2) is 11.0. The summed E-state index contributed by atoms with van der Waals surface area (Å²) in [6, 6.07) is 16.4. The Labute approximate surface area is 195 Å². The topological polar surface area (TPSA) is 74.2 Å². The van der Waals surface area contributed by atoms with Gasteiger partial charge in [-0.15, -0.1) is 0 Å². The standard InChI is InChI=1S/C26H32N6O/c1-20(2)32(18-21-7-4-3-5-8-21)26(33)19-31-15-11-22(12-16-31)23-9-6-10-24(29-23)30-25-17-27-13-14-28-25/h3-10,13-14,17,20,22H,11-12,15-16,18-19H2,1-2H3,(H,28,29,30). The van der Waals surface area contributed by atoms with Crippen LogP contribution in [0.25, 0.3) is 0 Å². The smallest absolute Gasteiger partial charge is 0.237 e. The van der Waals surface area contributed by atoms with Crippen LogP contribution >= 0.6 is 0 Å². The molecule has 0 aliphatic carbocycles. The molecule has 0 spiro atoms. The molecule has 0 radical (unpaired) electrons. The van der Waals surface area contributed by atoms with Crippen LogP contribution in [0.15, 0.2) is 67.1 Å². The zero-order valence-corrected chi connectivity index (χ0v) is 19.4. The van der Waals surface area contributed by atoms with E-state index in [1.807, 2.05) is 35.2 Å². The Morgan fingerprint density at radius 3 is 2.55 bits per heavy atom. The number of rotatable bonds is 8. The zero-order chi connectivity index (χ0) is 23.0. The molecule has 4 rings (SSSR count). The van der Waals surface area contributed by atoms with Gasteiger partial charge in [-0.2, -0.15) is 0 Å². The van der Waals surface area contributed by atoms with Crippen LogP contribution in [-0.2, 0) is 11.3 Å². The van der Waals surface area contributed by atoms with Gasteiger partial charge in [0.05, 0.1) is 12.7 Å². The van der Waals surface area contributed by atoms with Crippen molar-refractivity contribution in [2.75, 3.05) is 25.0 Å². The lowest BCUT2D eigenvalue weighted by atomic mass is 9.93. The second-order valence-corrected chi connectivity index (χ2v) is 8.81. The number of aromatic nitrogens is 3. The highest BCUT2D eigenvalue weighted by molar-refractivity contribution is 5.78. The van der Waals surface area contributed by atoms with Gasteiger partial charge in [-0.05, 0) is 57.5 Å². The third kappa shape index (κ3) is 6.35. The maximum absolute atomic E-state index is 13.1. The summed E-state index contributed by atoms with van der Waals surface area (Å²) in [5.74, 6) is 2.05. The molecule has 33 heavy (non-hydrogen) atoms. The quantitative estimate of drug-likeness (QED) is 0.560. The summed E-state index contributed by atoms with van der Waals surface area (Å²) in [6.45, 7) is 7.10. The number of carbonyl (C=O) groups is 1. The highest BCUT2D eigenvalue weighted by Crippen LogP contribution is 2.28. The van der Waals surface area contributed by atoms with Crippen LogP contribution in [-0.4, -0.2) is 56.3 Å². The lowest BCUT2D eigenvalue weighted by Crippen LogP contribution is -2.45. The molecule has 2 aromatic heterocycles. The first-order valence-corrected chi connectivity index (χ1v) is 11.6. The van der Waals surface area contributed by atoms with Crippen molar-refractivity contribution in [2.45, 2.75) is 45.2 Å². The molecule has 3 heterocycles. The number of nitrogens with zero attached hydrogens (tertiary/aromatic N) is 5. The molecule has 7 heteroatoms. The fourth-order valence-corrected chi connectivity index (χ4v) is 4.25. The minimum absolute atomic E-state index is 0.170. The number of pyridine rings is 1. The van der Waals surface area contributed by atoms with E-state index in [2.05, 4.69) is 52.2 Å². The number of hydrogen-bond donors (Lipinski definition) is 1. The maximum atomic E-state index is 13.1. The SMILES string of the molecule is CC(C)N(Cc1ccccc1)C(=O)CN1CCC(c2cccc(Nc3cnccn3)n2)CC1. The fourth-order valence-electron chi connectivity index (χ4n) is 4.25. The molecule has 1 fully saturated rings. The monoisotopic (exact) mass is 444 g/mol. The summed E-state index contributed by atoms with van der Waals surface area (Å²) in [7, 11) is 0. The van der Waals surface area contributed by atoms with E-state index in [-0.39, 0.29) is 11.9 Å². The lowest BCUT2D eigenvalue weighted by Gasteiger charge is -2.34. The number of likely N-dealkylation sites (tertiary alicyclic amines) is 1. The largest absolute Gasteiger partial charge is 0.335 e. The number of anilines is 2. The number of piperidine rings is 1. The van der Waals surface area contributed by atoms with Gasteiger partial charge in [-0.3, -0.25) is 14.7 Å². The van der Waals surface area contributed by atoms with Crippen molar-refractivity contribution in [3.8, 4) is 0 Å². The summed E-state index contributed by atoms with van der Waals surface area (Å²) >= 11 is 0. The summed E-state index contributed by atoms with van der Waals surface area (Å²) < 4.78 is 0. The Kier molecular flexibility index (Phi) is 7.62. The molecule has 172 valence electrons. The van der Waals surface area contributed by atoms with E-state index in [0.29, 0.717) is 24.8 Å². The van der Waals surface area contributed by atoms with Gasteiger partial charge < -0.3 is 10.2 Å². The molecule has 0 atom stereocenters. The van der Waals surface area contributed by atoms with E-state index in [0.717, 1.165) is 37.4 Å². The Morgan fingerprint density at radius 1 is 1.06 bits per heavy atom. The Bertz CT molecular complexity index is 1020. The summed E-state index contributed by atoms with van der Waals surface area (Å²) in [5.41, 5.74) is 2.25. The summed E-state index contributed by atoms with van der Waals surface area (Å²) in [4.78, 5) is 30.5. The minimum atomic E-state index is 0.170. The molecular formula is C26H32N6O. The summed E-state index contributed by atoms with van der Waals surface area (Å²) in [6.07, 6.45) is 6.98. The molecule has 7 nitrogen and oxygen atoms in total. The minimum Gasteiger partial charge on any atom is -0.335 e. The first-order chi connectivity index (χ1) is 16.1. The van der Waals surface area contributed by atoms with Crippen LogP contribution in [0, 0.1) is 0 Å². The van der Waals surface area contributed by atoms with Crippen molar-refractivity contribution >= 4 is 17.5 Å². The Balaban J connectivity index is 1.31. The van der Waals surface area contributed by atoms with Crippen LogP contribution in [0.1, 0.15) is 43.9 Å². The predicted octanol–water partition coefficient (Wildman–Crippen LogP) is 4.23. The molecule has 0 unspecified atom stereocenters. The van der Waals surface area contributed by atoms with E-state index in [1.165, 1.54) is 5.56 Å². The van der Waals surface area contributed by atoms with Crippen LogP contribution < -0.4 is 5.32 Å². The van der Waals surface area contributed by atoms with Crippen LogP contribution in [0.5, 0.6) is 0 Å². The van der Waals surface area contributed by atoms with Gasteiger partial charge in [0.15, 0.2) is 0 Å². The van der Waals surface area contributed by atoms with E-state index >= 15 is 0 Å². The molecule has 1 N–H and O–H groups in total. The van der Waals surface area contributed by atoms with Crippen molar-refractivity contribution in [2.24, 2.45) is 0 Å². The molecule has 1 amide bonds. The first-order valence-electron chi connectivity index (χ1n) is 11.6. The number of amides is 1. The Morgan fingerprint density at radius 2 is 1.85 bits per heavy atom. The normalized spacial score (nSPS) is 14.9. The molecule has 0 bridgehead atoms. The predicted molar refractivity (Wildman–Crippen MR) is 130 cm³/mol. The van der Waals surface area contributed by atoms with Crippen LogP contribution in [0.2, 0.25) is 0 Å². The fraction of sp³-hybridized carbons (Fsp3) is 0.385. The van der Waals surface area contributed by atoms with E-state index in [1.54, 1.807) is 18.6 Å². The number of hydrogen-bond acceptors (Lipinski definition) is 6. The van der Waals surface area contributed by atoms with Gasteiger partial charge in [0.1, 0.15) is 11.6 Å². The van der Waals surface area contributed by atoms with Crippen molar-refractivity contribution in [1.82, 2.24) is 24.8 Å². The number of benzene rings is 1. The van der Waals surface area contributed by atoms with Gasteiger partial charge in [-0.25, -0.2) is 9.97 Å². The molecule has 1 aromatic carbocycles. The summed E-state index contributed by atoms with van der Waals surface area (Å²) in [5, 5.41) is 3.22. The van der Waals surface area contributed by atoms with Crippen molar-refractivity contribution in [3.63, 3.8) is 0 Å². The van der Waals surface area contributed by atoms with Gasteiger partial charge in [-0.1, -0.05) is 36.4 Å². The molecule has 1 aliphatic heterocycles. The van der Waals surface area contributed by atoms with Gasteiger partial charge in [0.25, 0.3) is 0 Å². The average Bonchev–Trinajstić information content (AvgIpc) is 2.84. The van der Waals surface area contributed by atoms with Crippen molar-refractivity contribution in [3.05, 3.63) is 78.4 Å². The maximum Gasteiger partial charge on any atom is 0.237 e. The van der Waals surface area contributed by atoms with Crippen LogP contribution in [0.4, 0.5) is 11.6 Å². The zero-order valence-electron chi connectivity index (χ0n) is 19.4. The molecule has 1 saturated heterocycles. The third-order valence-corrected chi connectivity index (χ3v) is 6.09. The third-order valence-electron chi connectivity index (χ3n) is 6.09. The lowest BCUT2D eigenvalue weighted by molar-refractivity contribution is -0.135. The average molecular weight is 445 g/mol. The van der Waals surface area contributed by atoms with E-state index in [9.17, 15) is 4.79 Å². The Hall–Kier alpha value is -3.32. The van der Waals surface area contributed by atoms with Crippen molar-refractivity contribution in [1.29, 1.82) is 0 Å². The van der Waals surface area contributed by atoms with Crippen molar-refractivity contribution < 1.29 is 4.79 Å². The van der Waals surface area contributed by atoms with Gasteiger partial charge >= 0.3 is 0 Å². The van der Waals surface area contributed by atoms with Crippen LogP contribution in [0.3, 0.4) is 0 Å².